The van der Waals surface area contributed by atoms with Gasteiger partial charge in [-0.3, -0.25) is 4.90 Å². The second-order valence-electron chi connectivity index (χ2n) is 4.08. The maximum Gasteiger partial charge on any atom is 0.0500 e. The normalized spacial score (nSPS) is 27.1. The first-order valence-electron chi connectivity index (χ1n) is 5.47. The van der Waals surface area contributed by atoms with Gasteiger partial charge in [0.25, 0.3) is 0 Å². The quantitative estimate of drug-likeness (QED) is 0.836. The summed E-state index contributed by atoms with van der Waals surface area (Å²) >= 11 is 6.00. The first-order valence-corrected chi connectivity index (χ1v) is 5.85. The lowest BCUT2D eigenvalue weighted by molar-refractivity contribution is 0.261. The third kappa shape index (κ3) is 2.17. The zero-order valence-electron chi connectivity index (χ0n) is 8.99. The van der Waals surface area contributed by atoms with E-state index in [9.17, 15) is 0 Å². The van der Waals surface area contributed by atoms with Gasteiger partial charge in [0, 0.05) is 23.7 Å². The van der Waals surface area contributed by atoms with Gasteiger partial charge in [-0.15, -0.1) is 0 Å². The van der Waals surface area contributed by atoms with Crippen molar-refractivity contribution in [2.75, 3.05) is 13.1 Å². The molecule has 1 aliphatic rings. The zero-order valence-corrected chi connectivity index (χ0v) is 9.74. The lowest BCUT2D eigenvalue weighted by Crippen LogP contribution is -2.31. The number of nitrogens with two attached hydrogens (primary N) is 1. The Kier molecular flexibility index (Phi) is 3.29. The molecule has 0 aliphatic carbocycles. The molecule has 2 unspecified atom stereocenters. The van der Waals surface area contributed by atoms with Crippen molar-refractivity contribution in [1.29, 1.82) is 0 Å². The Labute approximate surface area is 96.0 Å². The van der Waals surface area contributed by atoms with Crippen LogP contribution in [0, 0.1) is 0 Å². The van der Waals surface area contributed by atoms with Crippen LogP contribution < -0.4 is 5.73 Å². The van der Waals surface area contributed by atoms with E-state index in [2.05, 4.69) is 17.9 Å². The van der Waals surface area contributed by atoms with Gasteiger partial charge in [0.2, 0.25) is 0 Å². The van der Waals surface area contributed by atoms with Gasteiger partial charge in [-0.2, -0.15) is 0 Å². The maximum atomic E-state index is 6.14. The average molecular weight is 225 g/mol. The highest BCUT2D eigenvalue weighted by Gasteiger charge is 2.31. The maximum absolute atomic E-state index is 6.14. The van der Waals surface area contributed by atoms with Crippen LogP contribution in [0.5, 0.6) is 0 Å². The summed E-state index contributed by atoms with van der Waals surface area (Å²) in [4.78, 5) is 2.41. The molecule has 1 aromatic rings. The average Bonchev–Trinajstić information content (AvgIpc) is 2.59. The Morgan fingerprint density at radius 3 is 3.00 bits per heavy atom. The van der Waals surface area contributed by atoms with Crippen molar-refractivity contribution in [3.8, 4) is 0 Å². The molecule has 1 fully saturated rings. The van der Waals surface area contributed by atoms with E-state index in [1.165, 1.54) is 5.56 Å². The van der Waals surface area contributed by atoms with Crippen LogP contribution in [0.4, 0.5) is 0 Å². The fourth-order valence-corrected chi connectivity index (χ4v) is 2.58. The lowest BCUT2D eigenvalue weighted by Gasteiger charge is -2.25. The van der Waals surface area contributed by atoms with Crippen molar-refractivity contribution in [3.05, 3.63) is 34.9 Å². The number of benzene rings is 1. The van der Waals surface area contributed by atoms with Crippen LogP contribution in [0.25, 0.3) is 0 Å². The molecule has 0 spiro atoms. The summed E-state index contributed by atoms with van der Waals surface area (Å²) < 4.78 is 0. The van der Waals surface area contributed by atoms with Crippen molar-refractivity contribution in [2.45, 2.75) is 25.4 Å². The summed E-state index contributed by atoms with van der Waals surface area (Å²) in [7, 11) is 0. The van der Waals surface area contributed by atoms with Crippen LogP contribution in [0.15, 0.2) is 24.3 Å². The fourth-order valence-electron chi connectivity index (χ4n) is 2.39. The van der Waals surface area contributed by atoms with E-state index in [-0.39, 0.29) is 6.04 Å². The molecule has 0 radical (unpaired) electrons. The van der Waals surface area contributed by atoms with E-state index in [0.29, 0.717) is 6.04 Å². The largest absolute Gasteiger partial charge is 0.326 e. The summed E-state index contributed by atoms with van der Waals surface area (Å²) in [6.07, 6.45) is 1.07. The fraction of sp³-hybridized carbons (Fsp3) is 0.500. The molecule has 3 heteroatoms. The molecule has 1 heterocycles. The first kappa shape index (κ1) is 10.9. The van der Waals surface area contributed by atoms with E-state index in [4.69, 9.17) is 17.3 Å². The topological polar surface area (TPSA) is 29.3 Å². The molecule has 0 aromatic heterocycles. The molecule has 2 atom stereocenters. The summed E-state index contributed by atoms with van der Waals surface area (Å²) in [5, 5.41) is 0.794. The summed E-state index contributed by atoms with van der Waals surface area (Å²) in [5.41, 5.74) is 7.39. The van der Waals surface area contributed by atoms with E-state index < -0.39 is 0 Å². The molecule has 82 valence electrons. The molecular weight excluding hydrogens is 208 g/mol. The van der Waals surface area contributed by atoms with Gasteiger partial charge in [-0.1, -0.05) is 30.7 Å². The summed E-state index contributed by atoms with van der Waals surface area (Å²) in [5.74, 6) is 0. The second kappa shape index (κ2) is 4.52. The van der Waals surface area contributed by atoms with Gasteiger partial charge in [0.1, 0.15) is 0 Å². The van der Waals surface area contributed by atoms with Crippen LogP contribution in [0.2, 0.25) is 5.02 Å². The molecule has 2 rings (SSSR count). The van der Waals surface area contributed by atoms with Gasteiger partial charge in [-0.05, 0) is 30.7 Å². The van der Waals surface area contributed by atoms with Crippen molar-refractivity contribution in [1.82, 2.24) is 4.90 Å². The Hall–Kier alpha value is -0.570. The predicted octanol–water partition coefficient (Wildman–Crippen LogP) is 2.43. The van der Waals surface area contributed by atoms with Crippen molar-refractivity contribution in [3.63, 3.8) is 0 Å². The van der Waals surface area contributed by atoms with Crippen molar-refractivity contribution in [2.24, 2.45) is 5.73 Å². The minimum Gasteiger partial charge on any atom is -0.326 e. The minimum absolute atomic E-state index is 0.239. The Morgan fingerprint density at radius 2 is 2.33 bits per heavy atom. The van der Waals surface area contributed by atoms with Gasteiger partial charge in [-0.25, -0.2) is 0 Å². The van der Waals surface area contributed by atoms with E-state index in [0.717, 1.165) is 24.5 Å². The third-order valence-corrected chi connectivity index (χ3v) is 3.38. The van der Waals surface area contributed by atoms with Crippen LogP contribution in [0.1, 0.15) is 24.9 Å². The van der Waals surface area contributed by atoms with E-state index >= 15 is 0 Å². The molecule has 1 saturated heterocycles. The second-order valence-corrected chi connectivity index (χ2v) is 4.52. The first-order chi connectivity index (χ1) is 7.22. The molecule has 1 aromatic carbocycles. The number of likely N-dealkylation sites (tertiary alicyclic amines) is 1. The number of rotatable bonds is 2. The highest BCUT2D eigenvalue weighted by molar-refractivity contribution is 6.30. The van der Waals surface area contributed by atoms with E-state index in [1.54, 1.807) is 0 Å². The molecule has 15 heavy (non-hydrogen) atoms. The molecular formula is C12H17ClN2. The Balaban J connectivity index is 2.28. The van der Waals surface area contributed by atoms with Gasteiger partial charge < -0.3 is 5.73 Å². The smallest absolute Gasteiger partial charge is 0.0500 e. The summed E-state index contributed by atoms with van der Waals surface area (Å²) in [6.45, 7) is 4.31. The lowest BCUT2D eigenvalue weighted by atomic mass is 10.0. The Bertz CT molecular complexity index is 340. The zero-order chi connectivity index (χ0) is 10.8. The summed E-state index contributed by atoms with van der Waals surface area (Å²) in [6, 6.07) is 8.63. The molecule has 0 bridgehead atoms. The molecule has 1 aliphatic heterocycles. The van der Waals surface area contributed by atoms with Crippen molar-refractivity contribution < 1.29 is 0 Å². The molecule has 0 amide bonds. The number of hydrogen-bond donors (Lipinski definition) is 1. The SMILES string of the molecule is CCN1CCC(N)C1c1cccc(Cl)c1. The van der Waals surface area contributed by atoms with Crippen LogP contribution in [-0.4, -0.2) is 24.0 Å². The number of likely N-dealkylation sites (N-methyl/N-ethyl adjacent to an activating group) is 1. The third-order valence-electron chi connectivity index (χ3n) is 3.14. The standard InChI is InChI=1S/C12H17ClN2/c1-2-15-7-6-11(14)12(15)9-4-3-5-10(13)8-9/h3-5,8,11-12H,2,6-7,14H2,1H3. The number of halogens is 1. The van der Waals surface area contributed by atoms with Crippen LogP contribution >= 0.6 is 11.6 Å². The monoisotopic (exact) mass is 224 g/mol. The highest BCUT2D eigenvalue weighted by atomic mass is 35.5. The number of hydrogen-bond acceptors (Lipinski definition) is 2. The number of nitrogens with zero attached hydrogens (tertiary/aromatic N) is 1. The van der Waals surface area contributed by atoms with Gasteiger partial charge in [0.15, 0.2) is 0 Å². The predicted molar refractivity (Wildman–Crippen MR) is 64.0 cm³/mol. The molecule has 2 nitrogen and oxygen atoms in total. The van der Waals surface area contributed by atoms with E-state index in [1.807, 2.05) is 18.2 Å². The van der Waals surface area contributed by atoms with Crippen LogP contribution in [-0.2, 0) is 0 Å². The Morgan fingerprint density at radius 1 is 1.53 bits per heavy atom. The molecule has 0 saturated carbocycles. The minimum atomic E-state index is 0.239. The molecule has 2 N–H and O–H groups in total. The van der Waals surface area contributed by atoms with Crippen molar-refractivity contribution >= 4 is 11.6 Å². The van der Waals surface area contributed by atoms with Crippen LogP contribution in [0.3, 0.4) is 0 Å². The van der Waals surface area contributed by atoms with Gasteiger partial charge in [0.05, 0.1) is 0 Å². The van der Waals surface area contributed by atoms with Gasteiger partial charge >= 0.3 is 0 Å². The highest BCUT2D eigenvalue weighted by Crippen LogP contribution is 2.31.